The fourth-order valence-corrected chi connectivity index (χ4v) is 4.62. The predicted octanol–water partition coefficient (Wildman–Crippen LogP) is 4.68. The largest absolute Gasteiger partial charge is 0.474 e. The molecule has 1 amide bonds. The van der Waals surface area contributed by atoms with Crippen LogP contribution in [0.25, 0.3) is 0 Å². The van der Waals surface area contributed by atoms with Crippen LogP contribution in [0.4, 0.5) is 15.8 Å². The maximum absolute atomic E-state index is 14.0. The molecule has 0 atom stereocenters. The molecule has 3 aromatic rings. The first kappa shape index (κ1) is 24.7. The third-order valence-electron chi connectivity index (χ3n) is 5.20. The molecule has 9 nitrogen and oxygen atoms in total. The lowest BCUT2D eigenvalue weighted by atomic mass is 10.1. The van der Waals surface area contributed by atoms with Gasteiger partial charge in [-0.1, -0.05) is 6.07 Å². The highest BCUT2D eigenvalue weighted by Gasteiger charge is 2.27. The van der Waals surface area contributed by atoms with Crippen molar-refractivity contribution in [3.8, 4) is 5.88 Å². The maximum Gasteiger partial charge on any atom is 0.283 e. The second-order valence-electron chi connectivity index (χ2n) is 8.02. The van der Waals surface area contributed by atoms with Gasteiger partial charge in [-0.25, -0.2) is 17.8 Å². The topological polar surface area (TPSA) is 120 Å². The van der Waals surface area contributed by atoms with Gasteiger partial charge in [0.1, 0.15) is 11.9 Å². The van der Waals surface area contributed by atoms with Crippen molar-refractivity contribution in [2.45, 2.75) is 30.4 Å². The van der Waals surface area contributed by atoms with Gasteiger partial charge in [-0.05, 0) is 64.7 Å². The van der Waals surface area contributed by atoms with Crippen molar-refractivity contribution in [1.29, 1.82) is 0 Å². The van der Waals surface area contributed by atoms with Gasteiger partial charge in [0.05, 0.1) is 32.1 Å². The van der Waals surface area contributed by atoms with Crippen molar-refractivity contribution < 1.29 is 27.3 Å². The Kier molecular flexibility index (Phi) is 6.86. The van der Waals surface area contributed by atoms with Gasteiger partial charge in [0.25, 0.3) is 11.6 Å². The summed E-state index contributed by atoms with van der Waals surface area (Å²) in [5.41, 5.74) is 0.200. The Morgan fingerprint density at radius 3 is 2.57 bits per heavy atom. The molecule has 0 spiro atoms. The van der Waals surface area contributed by atoms with E-state index in [1.54, 1.807) is 6.07 Å². The summed E-state index contributed by atoms with van der Waals surface area (Å²) in [6.07, 6.45) is 4.21. The van der Waals surface area contributed by atoms with Crippen LogP contribution < -0.4 is 9.64 Å². The van der Waals surface area contributed by atoms with Crippen molar-refractivity contribution in [3.05, 3.63) is 86.3 Å². The molecule has 1 saturated carbocycles. The van der Waals surface area contributed by atoms with Crippen LogP contribution in [-0.4, -0.2) is 36.6 Å². The third-order valence-corrected chi connectivity index (χ3v) is 7.00. The second-order valence-corrected chi connectivity index (χ2v) is 10.9. The van der Waals surface area contributed by atoms with Crippen LogP contribution in [0.2, 0.25) is 0 Å². The molecule has 0 saturated heterocycles. The number of pyridine rings is 1. The standard InChI is InChI=1S/C23H19BrFN3O6S/c1-35(32,33)21-11-16(25)4-8-19(21)27(13-14-2-7-18(24)20(10-14)28(30)31)23(29)15-3-9-22(26-12-15)34-17-5-6-17/h2-4,7-12,17H,5-6,13H2,1H3. The molecule has 1 aliphatic rings. The highest BCUT2D eigenvalue weighted by atomic mass is 79.9. The number of aromatic nitrogens is 1. The lowest BCUT2D eigenvalue weighted by Gasteiger charge is -2.25. The van der Waals surface area contributed by atoms with E-state index in [0.29, 0.717) is 11.4 Å². The van der Waals surface area contributed by atoms with E-state index in [4.69, 9.17) is 4.74 Å². The van der Waals surface area contributed by atoms with E-state index in [1.165, 1.54) is 36.5 Å². The zero-order valence-corrected chi connectivity index (χ0v) is 20.8. The van der Waals surface area contributed by atoms with Crippen molar-refractivity contribution in [3.63, 3.8) is 0 Å². The number of nitro benzene ring substituents is 1. The minimum absolute atomic E-state index is 0.0669. The van der Waals surface area contributed by atoms with Crippen LogP contribution in [0.1, 0.15) is 28.8 Å². The maximum atomic E-state index is 14.0. The molecule has 0 unspecified atom stereocenters. The van der Waals surface area contributed by atoms with Gasteiger partial charge >= 0.3 is 0 Å². The number of sulfone groups is 1. The van der Waals surface area contributed by atoms with Crippen LogP contribution in [-0.2, 0) is 16.4 Å². The molecule has 4 rings (SSSR count). The van der Waals surface area contributed by atoms with E-state index in [2.05, 4.69) is 20.9 Å². The molecular formula is C23H19BrFN3O6S. The van der Waals surface area contributed by atoms with Crippen LogP contribution in [0.5, 0.6) is 5.88 Å². The molecule has 0 aliphatic heterocycles. The van der Waals surface area contributed by atoms with E-state index >= 15 is 0 Å². The number of nitro groups is 1. The van der Waals surface area contributed by atoms with Crippen molar-refractivity contribution in [2.24, 2.45) is 0 Å². The molecule has 1 heterocycles. The van der Waals surface area contributed by atoms with Crippen LogP contribution in [0, 0.1) is 15.9 Å². The van der Waals surface area contributed by atoms with E-state index in [-0.39, 0.29) is 39.0 Å². The lowest BCUT2D eigenvalue weighted by molar-refractivity contribution is -0.385. The van der Waals surface area contributed by atoms with E-state index in [1.807, 2.05) is 0 Å². The Balaban J connectivity index is 1.77. The Morgan fingerprint density at radius 1 is 1.23 bits per heavy atom. The number of rotatable bonds is 8. The van der Waals surface area contributed by atoms with Gasteiger partial charge in [0, 0.05) is 24.6 Å². The molecule has 12 heteroatoms. The van der Waals surface area contributed by atoms with E-state index in [9.17, 15) is 27.7 Å². The summed E-state index contributed by atoms with van der Waals surface area (Å²) in [5, 5.41) is 11.4. The van der Waals surface area contributed by atoms with Crippen LogP contribution >= 0.6 is 15.9 Å². The Hall–Kier alpha value is -3.38. The number of ether oxygens (including phenoxy) is 1. The minimum atomic E-state index is -3.94. The SMILES string of the molecule is CS(=O)(=O)c1cc(F)ccc1N(Cc1ccc(Br)c([N+](=O)[O-])c1)C(=O)c1ccc(OC2CC2)nc1. The summed E-state index contributed by atoms with van der Waals surface area (Å²) < 4.78 is 44.7. The van der Waals surface area contributed by atoms with Gasteiger partial charge in [0.2, 0.25) is 5.88 Å². The molecule has 1 aliphatic carbocycles. The van der Waals surface area contributed by atoms with E-state index in [0.717, 1.165) is 36.1 Å². The quantitative estimate of drug-likeness (QED) is 0.288. The summed E-state index contributed by atoms with van der Waals surface area (Å²) in [7, 11) is -3.94. The summed E-state index contributed by atoms with van der Waals surface area (Å²) in [5.74, 6) is -1.06. The number of carbonyl (C=O) groups excluding carboxylic acids is 1. The Labute approximate surface area is 208 Å². The fourth-order valence-electron chi connectivity index (χ4n) is 3.34. The zero-order chi connectivity index (χ0) is 25.3. The number of benzene rings is 2. The fraction of sp³-hybridized carbons (Fsp3) is 0.217. The Morgan fingerprint density at radius 2 is 1.97 bits per heavy atom. The van der Waals surface area contributed by atoms with Gasteiger partial charge in [0.15, 0.2) is 9.84 Å². The van der Waals surface area contributed by atoms with Gasteiger partial charge in [-0.2, -0.15) is 0 Å². The highest BCUT2D eigenvalue weighted by molar-refractivity contribution is 9.10. The minimum Gasteiger partial charge on any atom is -0.474 e. The van der Waals surface area contributed by atoms with Crippen molar-refractivity contribution in [2.75, 3.05) is 11.2 Å². The second kappa shape index (κ2) is 9.70. The molecule has 182 valence electrons. The van der Waals surface area contributed by atoms with E-state index < -0.39 is 26.5 Å². The zero-order valence-electron chi connectivity index (χ0n) is 18.4. The van der Waals surface area contributed by atoms with Gasteiger partial charge < -0.3 is 9.64 Å². The molecule has 0 radical (unpaired) electrons. The highest BCUT2D eigenvalue weighted by Crippen LogP contribution is 2.32. The van der Waals surface area contributed by atoms with Gasteiger partial charge in [-0.3, -0.25) is 14.9 Å². The molecule has 1 aromatic heterocycles. The van der Waals surface area contributed by atoms with Crippen LogP contribution in [0.15, 0.2) is 64.1 Å². The molecular weight excluding hydrogens is 545 g/mol. The first-order valence-corrected chi connectivity index (χ1v) is 13.1. The average Bonchev–Trinajstić information content (AvgIpc) is 3.62. The molecule has 0 N–H and O–H groups in total. The van der Waals surface area contributed by atoms with Gasteiger partial charge in [-0.15, -0.1) is 0 Å². The number of hydrogen-bond donors (Lipinski definition) is 0. The molecule has 35 heavy (non-hydrogen) atoms. The molecule has 2 aromatic carbocycles. The first-order valence-electron chi connectivity index (χ1n) is 10.4. The number of amides is 1. The Bertz CT molecular complexity index is 1410. The number of halogens is 2. The van der Waals surface area contributed by atoms with Crippen molar-refractivity contribution in [1.82, 2.24) is 4.98 Å². The predicted molar refractivity (Wildman–Crippen MR) is 129 cm³/mol. The van der Waals surface area contributed by atoms with Crippen molar-refractivity contribution >= 4 is 43.0 Å². The monoisotopic (exact) mass is 563 g/mol. The number of nitrogens with zero attached hydrogens (tertiary/aromatic N) is 3. The summed E-state index contributed by atoms with van der Waals surface area (Å²) in [6, 6.07) is 10.4. The summed E-state index contributed by atoms with van der Waals surface area (Å²) >= 11 is 3.12. The number of anilines is 1. The number of carbonyl (C=O) groups is 1. The third kappa shape index (κ3) is 5.82. The summed E-state index contributed by atoms with van der Waals surface area (Å²) in [4.78, 5) is 29.2. The first-order chi connectivity index (χ1) is 16.5. The number of hydrogen-bond acceptors (Lipinski definition) is 7. The molecule has 1 fully saturated rings. The smallest absolute Gasteiger partial charge is 0.283 e. The summed E-state index contributed by atoms with van der Waals surface area (Å²) in [6.45, 7) is -0.221. The molecule has 0 bridgehead atoms. The van der Waals surface area contributed by atoms with Crippen LogP contribution in [0.3, 0.4) is 0 Å². The average molecular weight is 564 g/mol. The lowest BCUT2D eigenvalue weighted by Crippen LogP contribution is -2.32. The normalized spacial score (nSPS) is 13.3.